The summed E-state index contributed by atoms with van der Waals surface area (Å²) in [5, 5.41) is 0. The van der Waals surface area contributed by atoms with Crippen LogP contribution in [-0.4, -0.2) is 32.1 Å². The molecule has 15 heavy (non-hydrogen) atoms. The summed E-state index contributed by atoms with van der Waals surface area (Å²) in [7, 11) is 0. The predicted molar refractivity (Wildman–Crippen MR) is 55.3 cm³/mol. The molecule has 1 fully saturated rings. The van der Waals surface area contributed by atoms with Gasteiger partial charge in [-0.2, -0.15) is 0 Å². The molecule has 0 aromatic heterocycles. The molecule has 0 aromatic carbocycles. The molecule has 4 heteroatoms. The average Bonchev–Trinajstić information content (AvgIpc) is 2.66. The molecular formula is C11H20O4. The summed E-state index contributed by atoms with van der Waals surface area (Å²) in [4.78, 5) is 11.4. The molecule has 1 atom stereocenters. The molecular weight excluding hydrogens is 196 g/mol. The molecule has 0 amide bonds. The third-order valence-corrected chi connectivity index (χ3v) is 2.56. The molecule has 1 unspecified atom stereocenters. The maximum atomic E-state index is 11.4. The van der Waals surface area contributed by atoms with Gasteiger partial charge in [-0.1, -0.05) is 13.8 Å². The van der Waals surface area contributed by atoms with Crippen LogP contribution in [0.3, 0.4) is 0 Å². The van der Waals surface area contributed by atoms with E-state index in [1.807, 2.05) is 6.92 Å². The zero-order chi connectivity index (χ0) is 11.3. The first-order valence-corrected chi connectivity index (χ1v) is 5.54. The lowest BCUT2D eigenvalue weighted by atomic mass is 9.92. The van der Waals surface area contributed by atoms with Crippen LogP contribution in [0.4, 0.5) is 0 Å². The van der Waals surface area contributed by atoms with Crippen LogP contribution in [0.5, 0.6) is 0 Å². The number of carbonyl (C=O) groups excluding carboxylic acids is 1. The van der Waals surface area contributed by atoms with E-state index in [9.17, 15) is 4.79 Å². The quantitative estimate of drug-likeness (QED) is 0.655. The lowest BCUT2D eigenvalue weighted by Gasteiger charge is -2.24. The third kappa shape index (κ3) is 3.80. The normalized spacial score (nSPS) is 19.5. The standard InChI is InChI=1S/C11H20O4/c1-4-13-10(12)7-9(8(2)3)11-14-5-6-15-11/h8-9,11H,4-7H2,1-3H3. The molecule has 0 N–H and O–H groups in total. The Kier molecular flexibility index (Phi) is 5.05. The fourth-order valence-electron chi connectivity index (χ4n) is 1.68. The molecule has 0 saturated carbocycles. The molecule has 0 aliphatic carbocycles. The van der Waals surface area contributed by atoms with Crippen LogP contribution in [0.2, 0.25) is 0 Å². The second-order valence-corrected chi connectivity index (χ2v) is 4.03. The van der Waals surface area contributed by atoms with Crippen molar-refractivity contribution in [2.45, 2.75) is 33.5 Å². The molecule has 0 aromatic rings. The van der Waals surface area contributed by atoms with Gasteiger partial charge in [0, 0.05) is 5.92 Å². The molecule has 1 saturated heterocycles. The lowest BCUT2D eigenvalue weighted by Crippen LogP contribution is -2.29. The molecule has 88 valence electrons. The Hall–Kier alpha value is -0.610. The Labute approximate surface area is 90.9 Å². The van der Waals surface area contributed by atoms with Crippen molar-refractivity contribution in [2.75, 3.05) is 19.8 Å². The van der Waals surface area contributed by atoms with E-state index >= 15 is 0 Å². The number of hydrogen-bond acceptors (Lipinski definition) is 4. The van der Waals surface area contributed by atoms with Gasteiger partial charge >= 0.3 is 5.97 Å². The largest absolute Gasteiger partial charge is 0.466 e. The van der Waals surface area contributed by atoms with Crippen LogP contribution < -0.4 is 0 Å². The highest BCUT2D eigenvalue weighted by atomic mass is 16.7. The molecule has 0 radical (unpaired) electrons. The van der Waals surface area contributed by atoms with Gasteiger partial charge in [0.1, 0.15) is 0 Å². The first kappa shape index (κ1) is 12.5. The Balaban J connectivity index is 2.46. The van der Waals surface area contributed by atoms with Crippen LogP contribution in [0.25, 0.3) is 0 Å². The lowest BCUT2D eigenvalue weighted by molar-refractivity contribution is -0.151. The minimum atomic E-state index is -0.241. The maximum absolute atomic E-state index is 11.4. The Morgan fingerprint density at radius 2 is 2.00 bits per heavy atom. The summed E-state index contributed by atoms with van der Waals surface area (Å²) in [5.41, 5.74) is 0. The molecule has 0 bridgehead atoms. The van der Waals surface area contributed by atoms with E-state index < -0.39 is 0 Å². The van der Waals surface area contributed by atoms with E-state index in [-0.39, 0.29) is 18.2 Å². The Bertz CT molecular complexity index is 197. The Morgan fingerprint density at radius 1 is 1.40 bits per heavy atom. The maximum Gasteiger partial charge on any atom is 0.306 e. The van der Waals surface area contributed by atoms with Crippen LogP contribution in [-0.2, 0) is 19.0 Å². The van der Waals surface area contributed by atoms with Crippen molar-refractivity contribution in [3.8, 4) is 0 Å². The van der Waals surface area contributed by atoms with E-state index in [0.717, 1.165) is 0 Å². The molecule has 4 nitrogen and oxygen atoms in total. The monoisotopic (exact) mass is 216 g/mol. The topological polar surface area (TPSA) is 44.8 Å². The number of hydrogen-bond donors (Lipinski definition) is 0. The van der Waals surface area contributed by atoms with Crippen LogP contribution in [0, 0.1) is 11.8 Å². The van der Waals surface area contributed by atoms with Gasteiger partial charge in [-0.05, 0) is 12.8 Å². The molecule has 1 aliphatic heterocycles. The molecule has 1 heterocycles. The number of esters is 1. The van der Waals surface area contributed by atoms with Crippen molar-refractivity contribution in [1.29, 1.82) is 0 Å². The highest BCUT2D eigenvalue weighted by Gasteiger charge is 2.31. The van der Waals surface area contributed by atoms with Crippen molar-refractivity contribution >= 4 is 5.97 Å². The van der Waals surface area contributed by atoms with E-state index in [0.29, 0.717) is 32.2 Å². The highest BCUT2D eigenvalue weighted by molar-refractivity contribution is 5.69. The van der Waals surface area contributed by atoms with Gasteiger partial charge in [0.25, 0.3) is 0 Å². The number of ether oxygens (including phenoxy) is 3. The molecule has 1 aliphatic rings. The van der Waals surface area contributed by atoms with Gasteiger partial charge in [0.2, 0.25) is 0 Å². The van der Waals surface area contributed by atoms with Gasteiger partial charge in [0.05, 0.1) is 26.2 Å². The predicted octanol–water partition coefficient (Wildman–Crippen LogP) is 1.58. The van der Waals surface area contributed by atoms with Crippen LogP contribution >= 0.6 is 0 Å². The average molecular weight is 216 g/mol. The van der Waals surface area contributed by atoms with Crippen molar-refractivity contribution in [1.82, 2.24) is 0 Å². The van der Waals surface area contributed by atoms with E-state index in [1.165, 1.54) is 0 Å². The van der Waals surface area contributed by atoms with Crippen molar-refractivity contribution in [3.63, 3.8) is 0 Å². The number of rotatable bonds is 5. The molecule has 0 spiro atoms. The first-order valence-electron chi connectivity index (χ1n) is 5.54. The zero-order valence-corrected chi connectivity index (χ0v) is 9.69. The van der Waals surface area contributed by atoms with Gasteiger partial charge in [0.15, 0.2) is 6.29 Å². The second-order valence-electron chi connectivity index (χ2n) is 4.03. The first-order chi connectivity index (χ1) is 7.15. The Morgan fingerprint density at radius 3 is 2.47 bits per heavy atom. The van der Waals surface area contributed by atoms with Crippen molar-refractivity contribution in [3.05, 3.63) is 0 Å². The highest BCUT2D eigenvalue weighted by Crippen LogP contribution is 2.25. The summed E-state index contributed by atoms with van der Waals surface area (Å²) in [6.45, 7) is 7.61. The SMILES string of the molecule is CCOC(=O)CC(C(C)C)C1OCCO1. The van der Waals surface area contributed by atoms with Crippen LogP contribution in [0.15, 0.2) is 0 Å². The summed E-state index contributed by atoms with van der Waals surface area (Å²) in [6, 6.07) is 0. The van der Waals surface area contributed by atoms with E-state index in [1.54, 1.807) is 0 Å². The van der Waals surface area contributed by atoms with Gasteiger partial charge in [-0.15, -0.1) is 0 Å². The van der Waals surface area contributed by atoms with Crippen molar-refractivity contribution in [2.24, 2.45) is 11.8 Å². The third-order valence-electron chi connectivity index (χ3n) is 2.56. The van der Waals surface area contributed by atoms with Gasteiger partial charge in [-0.25, -0.2) is 0 Å². The number of carbonyl (C=O) groups is 1. The molecule has 1 rings (SSSR count). The fraction of sp³-hybridized carbons (Fsp3) is 0.909. The summed E-state index contributed by atoms with van der Waals surface area (Å²) < 4.78 is 15.8. The smallest absolute Gasteiger partial charge is 0.306 e. The summed E-state index contributed by atoms with van der Waals surface area (Å²) >= 11 is 0. The van der Waals surface area contributed by atoms with Gasteiger partial charge < -0.3 is 14.2 Å². The second kappa shape index (κ2) is 6.08. The van der Waals surface area contributed by atoms with Gasteiger partial charge in [-0.3, -0.25) is 4.79 Å². The summed E-state index contributed by atoms with van der Waals surface area (Å²) in [5.74, 6) is 0.263. The summed E-state index contributed by atoms with van der Waals surface area (Å²) in [6.07, 6.45) is 0.130. The van der Waals surface area contributed by atoms with Crippen LogP contribution in [0.1, 0.15) is 27.2 Å². The van der Waals surface area contributed by atoms with E-state index in [2.05, 4.69) is 13.8 Å². The van der Waals surface area contributed by atoms with Crippen molar-refractivity contribution < 1.29 is 19.0 Å². The van der Waals surface area contributed by atoms with E-state index in [4.69, 9.17) is 14.2 Å². The fourth-order valence-corrected chi connectivity index (χ4v) is 1.68. The zero-order valence-electron chi connectivity index (χ0n) is 9.69. The minimum absolute atomic E-state index is 0.0894. The minimum Gasteiger partial charge on any atom is -0.466 e.